The molecule has 0 saturated carbocycles. The van der Waals surface area contributed by atoms with Crippen LogP contribution in [-0.4, -0.2) is 42.4 Å². The van der Waals surface area contributed by atoms with Gasteiger partial charge in [-0.2, -0.15) is 4.31 Å². The lowest BCUT2D eigenvalue weighted by atomic mass is 10.3. The third kappa shape index (κ3) is 3.03. The molecule has 2 heterocycles. The van der Waals surface area contributed by atoms with E-state index in [4.69, 9.17) is 16.3 Å². The fourth-order valence-corrected chi connectivity index (χ4v) is 3.91. The monoisotopic (exact) mass is 341 g/mol. The van der Waals surface area contributed by atoms with Gasteiger partial charge in [0.2, 0.25) is 10.0 Å². The standard InChI is InChI=1S/C14H16ClN3O3S/c1-10-8-16-14(17-10)13-9-18(6-7-21-13)22(19,20)12-4-2-11(15)3-5-12/h2-5,8,13H,6-7,9H2,1H3,(H,16,17). The molecule has 1 aromatic carbocycles. The second-order valence-electron chi connectivity index (χ2n) is 5.13. The molecule has 1 saturated heterocycles. The van der Waals surface area contributed by atoms with Gasteiger partial charge in [0.05, 0.1) is 11.5 Å². The van der Waals surface area contributed by atoms with Crippen molar-refractivity contribution in [3.05, 3.63) is 47.0 Å². The van der Waals surface area contributed by atoms with Gasteiger partial charge < -0.3 is 9.72 Å². The highest BCUT2D eigenvalue weighted by atomic mass is 35.5. The number of morpholine rings is 1. The number of benzene rings is 1. The predicted molar refractivity (Wildman–Crippen MR) is 82.2 cm³/mol. The van der Waals surface area contributed by atoms with E-state index in [9.17, 15) is 8.42 Å². The largest absolute Gasteiger partial charge is 0.368 e. The van der Waals surface area contributed by atoms with Crippen molar-refractivity contribution < 1.29 is 13.2 Å². The first-order valence-corrected chi connectivity index (χ1v) is 8.67. The molecule has 1 fully saturated rings. The zero-order valence-electron chi connectivity index (χ0n) is 12.0. The van der Waals surface area contributed by atoms with Crippen LogP contribution in [0.3, 0.4) is 0 Å². The topological polar surface area (TPSA) is 75.3 Å². The van der Waals surface area contributed by atoms with Crippen LogP contribution in [0.2, 0.25) is 5.02 Å². The number of ether oxygens (including phenoxy) is 1. The van der Waals surface area contributed by atoms with Gasteiger partial charge in [-0.15, -0.1) is 0 Å². The summed E-state index contributed by atoms with van der Waals surface area (Å²) in [5, 5.41) is 0.505. The molecular weight excluding hydrogens is 326 g/mol. The molecule has 1 aliphatic rings. The molecule has 8 heteroatoms. The van der Waals surface area contributed by atoms with Crippen molar-refractivity contribution in [1.29, 1.82) is 0 Å². The van der Waals surface area contributed by atoms with Gasteiger partial charge in [-0.05, 0) is 31.2 Å². The van der Waals surface area contributed by atoms with E-state index in [1.165, 1.54) is 16.4 Å². The second kappa shape index (κ2) is 6.00. The third-order valence-corrected chi connectivity index (χ3v) is 5.64. The summed E-state index contributed by atoms with van der Waals surface area (Å²) in [6, 6.07) is 6.17. The highest BCUT2D eigenvalue weighted by molar-refractivity contribution is 7.89. The molecule has 0 amide bonds. The van der Waals surface area contributed by atoms with Crippen molar-refractivity contribution in [1.82, 2.24) is 14.3 Å². The number of nitrogens with one attached hydrogen (secondary N) is 1. The van der Waals surface area contributed by atoms with Gasteiger partial charge in [-0.3, -0.25) is 0 Å². The molecule has 2 aromatic rings. The van der Waals surface area contributed by atoms with E-state index in [0.29, 0.717) is 24.0 Å². The molecular formula is C14H16ClN3O3S. The number of imidazole rings is 1. The summed E-state index contributed by atoms with van der Waals surface area (Å²) >= 11 is 5.81. The molecule has 1 aromatic heterocycles. The maximum atomic E-state index is 12.7. The third-order valence-electron chi connectivity index (χ3n) is 3.51. The predicted octanol–water partition coefficient (Wildman–Crippen LogP) is 2.13. The van der Waals surface area contributed by atoms with Crippen LogP contribution in [0.1, 0.15) is 17.6 Å². The van der Waals surface area contributed by atoms with Gasteiger partial charge in [0.15, 0.2) is 0 Å². The summed E-state index contributed by atoms with van der Waals surface area (Å²) in [6.45, 7) is 2.78. The Balaban J connectivity index is 1.83. The van der Waals surface area contributed by atoms with Crippen molar-refractivity contribution in [2.75, 3.05) is 19.7 Å². The fourth-order valence-electron chi connectivity index (χ4n) is 2.36. The molecule has 1 aliphatic heterocycles. The summed E-state index contributed by atoms with van der Waals surface area (Å²) < 4.78 is 32.4. The number of sulfonamides is 1. The van der Waals surface area contributed by atoms with Crippen LogP contribution in [0.15, 0.2) is 35.4 Å². The average molecular weight is 342 g/mol. The first kappa shape index (κ1) is 15.5. The number of rotatable bonds is 3. The summed E-state index contributed by atoms with van der Waals surface area (Å²) in [7, 11) is -3.56. The van der Waals surface area contributed by atoms with E-state index in [1.54, 1.807) is 18.3 Å². The maximum absolute atomic E-state index is 12.7. The number of nitrogens with zero attached hydrogens (tertiary/aromatic N) is 2. The molecule has 0 bridgehead atoms. The van der Waals surface area contributed by atoms with Crippen LogP contribution in [0.5, 0.6) is 0 Å². The van der Waals surface area contributed by atoms with E-state index < -0.39 is 10.0 Å². The van der Waals surface area contributed by atoms with Crippen LogP contribution in [0.4, 0.5) is 0 Å². The lowest BCUT2D eigenvalue weighted by molar-refractivity contribution is -0.00710. The minimum Gasteiger partial charge on any atom is -0.368 e. The Morgan fingerprint density at radius 2 is 2.09 bits per heavy atom. The van der Waals surface area contributed by atoms with Gasteiger partial charge in [0, 0.05) is 30.0 Å². The molecule has 118 valence electrons. The SMILES string of the molecule is Cc1cnc(C2CN(S(=O)(=O)c3ccc(Cl)cc3)CCO2)[nH]1. The van der Waals surface area contributed by atoms with E-state index in [0.717, 1.165) is 5.69 Å². The number of halogens is 1. The molecule has 22 heavy (non-hydrogen) atoms. The Labute approximate surface area is 134 Å². The van der Waals surface area contributed by atoms with Gasteiger partial charge in [0.25, 0.3) is 0 Å². The summed E-state index contributed by atoms with van der Waals surface area (Å²) in [6.07, 6.45) is 1.32. The van der Waals surface area contributed by atoms with Crippen LogP contribution in [0.25, 0.3) is 0 Å². The first-order valence-electron chi connectivity index (χ1n) is 6.85. The molecule has 1 atom stereocenters. The number of aromatic nitrogens is 2. The average Bonchev–Trinajstić information content (AvgIpc) is 2.94. The lowest BCUT2D eigenvalue weighted by Gasteiger charge is -2.31. The zero-order valence-corrected chi connectivity index (χ0v) is 13.6. The number of hydrogen-bond acceptors (Lipinski definition) is 4. The molecule has 0 aliphatic carbocycles. The highest BCUT2D eigenvalue weighted by Crippen LogP contribution is 2.25. The van der Waals surface area contributed by atoms with Crippen LogP contribution in [0, 0.1) is 6.92 Å². The summed E-state index contributed by atoms with van der Waals surface area (Å²) in [5.41, 5.74) is 0.913. The lowest BCUT2D eigenvalue weighted by Crippen LogP contribution is -2.42. The van der Waals surface area contributed by atoms with E-state index in [-0.39, 0.29) is 17.5 Å². The number of aromatic amines is 1. The Morgan fingerprint density at radius 3 is 2.73 bits per heavy atom. The second-order valence-corrected chi connectivity index (χ2v) is 7.50. The van der Waals surface area contributed by atoms with Crippen LogP contribution in [-0.2, 0) is 14.8 Å². The highest BCUT2D eigenvalue weighted by Gasteiger charge is 2.32. The molecule has 1 N–H and O–H groups in total. The summed E-state index contributed by atoms with van der Waals surface area (Å²) in [4.78, 5) is 7.54. The summed E-state index contributed by atoms with van der Waals surface area (Å²) in [5.74, 6) is 0.647. The van der Waals surface area contributed by atoms with Crippen LogP contribution < -0.4 is 0 Å². The zero-order chi connectivity index (χ0) is 15.7. The minimum absolute atomic E-state index is 0.230. The van der Waals surface area contributed by atoms with Crippen molar-refractivity contribution in [3.63, 3.8) is 0 Å². The van der Waals surface area contributed by atoms with Crippen LogP contribution >= 0.6 is 11.6 Å². The quantitative estimate of drug-likeness (QED) is 0.928. The number of H-pyrrole nitrogens is 1. The molecule has 0 radical (unpaired) electrons. The van der Waals surface area contributed by atoms with Gasteiger partial charge >= 0.3 is 0 Å². The number of aryl methyl sites for hydroxylation is 1. The molecule has 6 nitrogen and oxygen atoms in total. The Kier molecular flexibility index (Phi) is 4.22. The Hall–Kier alpha value is -1.41. The molecule has 1 unspecified atom stereocenters. The molecule has 3 rings (SSSR count). The van der Waals surface area contributed by atoms with Gasteiger partial charge in [-0.1, -0.05) is 11.6 Å². The van der Waals surface area contributed by atoms with E-state index in [1.807, 2.05) is 6.92 Å². The van der Waals surface area contributed by atoms with Crippen molar-refractivity contribution in [3.8, 4) is 0 Å². The minimum atomic E-state index is -3.56. The molecule has 0 spiro atoms. The maximum Gasteiger partial charge on any atom is 0.243 e. The smallest absolute Gasteiger partial charge is 0.243 e. The van der Waals surface area contributed by atoms with E-state index in [2.05, 4.69) is 9.97 Å². The van der Waals surface area contributed by atoms with Gasteiger partial charge in [-0.25, -0.2) is 13.4 Å². The van der Waals surface area contributed by atoms with Crippen molar-refractivity contribution in [2.45, 2.75) is 17.9 Å². The Bertz CT molecular complexity index is 758. The first-order chi connectivity index (χ1) is 10.5. The van der Waals surface area contributed by atoms with Crippen molar-refractivity contribution in [2.24, 2.45) is 0 Å². The normalized spacial score (nSPS) is 20.2. The van der Waals surface area contributed by atoms with Crippen molar-refractivity contribution >= 4 is 21.6 Å². The van der Waals surface area contributed by atoms with Gasteiger partial charge in [0.1, 0.15) is 11.9 Å². The number of hydrogen-bond donors (Lipinski definition) is 1. The van der Waals surface area contributed by atoms with E-state index >= 15 is 0 Å². The fraction of sp³-hybridized carbons (Fsp3) is 0.357. The Morgan fingerprint density at radius 1 is 1.36 bits per heavy atom.